The second kappa shape index (κ2) is 4.75. The number of carbonyl (C=O) groups is 1. The Kier molecular flexibility index (Phi) is 3.89. The first-order valence-electron chi connectivity index (χ1n) is 5.24. The SMILES string of the molecule is CNCCCNC(C)(C(=O)O)C1CC1. The van der Waals surface area contributed by atoms with Crippen molar-refractivity contribution in [2.45, 2.75) is 31.7 Å². The fraction of sp³-hybridized carbons (Fsp3) is 0.900. The molecule has 82 valence electrons. The molecule has 3 N–H and O–H groups in total. The van der Waals surface area contributed by atoms with Crippen LogP contribution in [0.3, 0.4) is 0 Å². The second-order valence-electron chi connectivity index (χ2n) is 4.17. The molecule has 1 atom stereocenters. The molecule has 1 rings (SSSR count). The zero-order valence-corrected chi connectivity index (χ0v) is 8.97. The Labute approximate surface area is 85.1 Å². The quantitative estimate of drug-likeness (QED) is 0.522. The summed E-state index contributed by atoms with van der Waals surface area (Å²) < 4.78 is 0. The monoisotopic (exact) mass is 200 g/mol. The van der Waals surface area contributed by atoms with Crippen molar-refractivity contribution in [2.75, 3.05) is 20.1 Å². The van der Waals surface area contributed by atoms with Gasteiger partial charge < -0.3 is 15.7 Å². The van der Waals surface area contributed by atoms with E-state index in [1.54, 1.807) is 6.92 Å². The number of carboxylic acid groups (broad SMARTS) is 1. The Balaban J connectivity index is 2.32. The predicted octanol–water partition coefficient (Wildman–Crippen LogP) is 0.439. The highest BCUT2D eigenvalue weighted by Gasteiger charge is 2.46. The number of carboxylic acids is 1. The van der Waals surface area contributed by atoms with Crippen molar-refractivity contribution in [1.82, 2.24) is 10.6 Å². The summed E-state index contributed by atoms with van der Waals surface area (Å²) >= 11 is 0. The maximum absolute atomic E-state index is 11.1. The molecule has 0 aliphatic heterocycles. The maximum atomic E-state index is 11.1. The normalized spacial score (nSPS) is 20.4. The van der Waals surface area contributed by atoms with Crippen LogP contribution in [-0.2, 0) is 4.79 Å². The van der Waals surface area contributed by atoms with Crippen molar-refractivity contribution in [3.8, 4) is 0 Å². The Morgan fingerprint density at radius 1 is 1.50 bits per heavy atom. The third-order valence-corrected chi connectivity index (χ3v) is 2.93. The second-order valence-corrected chi connectivity index (χ2v) is 4.17. The van der Waals surface area contributed by atoms with Gasteiger partial charge in [0.2, 0.25) is 0 Å². The Bertz CT molecular complexity index is 204. The lowest BCUT2D eigenvalue weighted by Gasteiger charge is -2.26. The van der Waals surface area contributed by atoms with Crippen LogP contribution in [0.2, 0.25) is 0 Å². The molecule has 1 fully saturated rings. The van der Waals surface area contributed by atoms with Crippen LogP contribution in [0.5, 0.6) is 0 Å². The first-order chi connectivity index (χ1) is 6.61. The molecule has 0 heterocycles. The highest BCUT2D eigenvalue weighted by atomic mass is 16.4. The summed E-state index contributed by atoms with van der Waals surface area (Å²) in [5.74, 6) is -0.390. The first-order valence-corrected chi connectivity index (χ1v) is 5.24. The lowest BCUT2D eigenvalue weighted by atomic mass is 9.96. The standard InChI is InChI=1S/C10H20N2O2/c1-10(9(13)14,8-4-5-8)12-7-3-6-11-2/h8,11-12H,3-7H2,1-2H3,(H,13,14). The van der Waals surface area contributed by atoms with Crippen molar-refractivity contribution in [1.29, 1.82) is 0 Å². The Hall–Kier alpha value is -0.610. The van der Waals surface area contributed by atoms with Crippen molar-refractivity contribution in [2.24, 2.45) is 5.92 Å². The zero-order valence-electron chi connectivity index (χ0n) is 8.97. The number of hydrogen-bond acceptors (Lipinski definition) is 3. The van der Waals surface area contributed by atoms with Crippen LogP contribution in [0.25, 0.3) is 0 Å². The molecule has 0 bridgehead atoms. The van der Waals surface area contributed by atoms with Gasteiger partial charge in [0.1, 0.15) is 5.54 Å². The summed E-state index contributed by atoms with van der Waals surface area (Å²) in [4.78, 5) is 11.1. The van der Waals surface area contributed by atoms with Gasteiger partial charge in [-0.15, -0.1) is 0 Å². The van der Waals surface area contributed by atoms with Crippen LogP contribution in [0.1, 0.15) is 26.2 Å². The Morgan fingerprint density at radius 2 is 2.14 bits per heavy atom. The van der Waals surface area contributed by atoms with E-state index in [2.05, 4.69) is 10.6 Å². The van der Waals surface area contributed by atoms with Crippen LogP contribution in [0, 0.1) is 5.92 Å². The molecule has 4 nitrogen and oxygen atoms in total. The van der Waals surface area contributed by atoms with Gasteiger partial charge in [-0.25, -0.2) is 0 Å². The molecule has 0 spiro atoms. The van der Waals surface area contributed by atoms with Crippen molar-refractivity contribution < 1.29 is 9.90 Å². The number of aliphatic carboxylic acids is 1. The minimum atomic E-state index is -0.718. The molecule has 14 heavy (non-hydrogen) atoms. The van der Waals surface area contributed by atoms with Crippen molar-refractivity contribution in [3.05, 3.63) is 0 Å². The molecule has 0 aromatic heterocycles. The van der Waals surface area contributed by atoms with Gasteiger partial charge in [-0.1, -0.05) is 0 Å². The van der Waals surface area contributed by atoms with E-state index in [0.717, 1.165) is 32.4 Å². The molecule has 0 aromatic rings. The number of nitrogens with one attached hydrogen (secondary N) is 2. The van der Waals surface area contributed by atoms with E-state index in [1.807, 2.05) is 7.05 Å². The molecule has 1 saturated carbocycles. The van der Waals surface area contributed by atoms with Gasteiger partial charge in [-0.2, -0.15) is 0 Å². The third kappa shape index (κ3) is 2.69. The van der Waals surface area contributed by atoms with Gasteiger partial charge in [0.25, 0.3) is 0 Å². The molecule has 0 radical (unpaired) electrons. The van der Waals surface area contributed by atoms with E-state index in [0.29, 0.717) is 5.92 Å². The summed E-state index contributed by atoms with van der Waals surface area (Å²) in [5, 5.41) is 15.3. The molecule has 4 heteroatoms. The van der Waals surface area contributed by atoms with Crippen LogP contribution < -0.4 is 10.6 Å². The molecule has 0 amide bonds. The van der Waals surface area contributed by atoms with E-state index < -0.39 is 11.5 Å². The maximum Gasteiger partial charge on any atom is 0.323 e. The summed E-state index contributed by atoms with van der Waals surface area (Å²) in [5.41, 5.74) is -0.701. The van der Waals surface area contributed by atoms with Crippen LogP contribution in [0.15, 0.2) is 0 Å². The lowest BCUT2D eigenvalue weighted by molar-refractivity contribution is -0.145. The van der Waals surface area contributed by atoms with E-state index in [4.69, 9.17) is 5.11 Å². The van der Waals surface area contributed by atoms with Gasteiger partial charge in [0, 0.05) is 0 Å². The van der Waals surface area contributed by atoms with Crippen LogP contribution in [-0.4, -0.2) is 36.8 Å². The third-order valence-electron chi connectivity index (χ3n) is 2.93. The van der Waals surface area contributed by atoms with Gasteiger partial charge in [-0.3, -0.25) is 4.79 Å². The highest BCUT2D eigenvalue weighted by Crippen LogP contribution is 2.39. The summed E-state index contributed by atoms with van der Waals surface area (Å²) in [6.45, 7) is 3.49. The minimum Gasteiger partial charge on any atom is -0.480 e. The number of hydrogen-bond donors (Lipinski definition) is 3. The van der Waals surface area contributed by atoms with Gasteiger partial charge in [0.15, 0.2) is 0 Å². The van der Waals surface area contributed by atoms with Gasteiger partial charge in [0.05, 0.1) is 0 Å². The minimum absolute atomic E-state index is 0.328. The highest BCUT2D eigenvalue weighted by molar-refractivity contribution is 5.79. The molecule has 1 aliphatic carbocycles. The summed E-state index contributed by atoms with van der Waals surface area (Å²) in [6.07, 6.45) is 3.05. The van der Waals surface area contributed by atoms with Gasteiger partial charge in [-0.05, 0) is 52.2 Å². The molecular formula is C10H20N2O2. The molecule has 1 unspecified atom stereocenters. The van der Waals surface area contributed by atoms with E-state index in [1.165, 1.54) is 0 Å². The predicted molar refractivity (Wildman–Crippen MR) is 55.3 cm³/mol. The summed E-state index contributed by atoms with van der Waals surface area (Å²) in [7, 11) is 1.90. The lowest BCUT2D eigenvalue weighted by Crippen LogP contribution is -2.52. The molecule has 0 aromatic carbocycles. The average molecular weight is 200 g/mol. The largest absolute Gasteiger partial charge is 0.480 e. The zero-order chi connectivity index (χ0) is 10.6. The average Bonchev–Trinajstić information content (AvgIpc) is 2.95. The van der Waals surface area contributed by atoms with E-state index >= 15 is 0 Å². The van der Waals surface area contributed by atoms with Crippen molar-refractivity contribution in [3.63, 3.8) is 0 Å². The molecule has 1 aliphatic rings. The topological polar surface area (TPSA) is 61.4 Å². The molecular weight excluding hydrogens is 180 g/mol. The fourth-order valence-corrected chi connectivity index (χ4v) is 1.67. The number of rotatable bonds is 7. The first kappa shape index (κ1) is 11.5. The van der Waals surface area contributed by atoms with Gasteiger partial charge >= 0.3 is 5.97 Å². The Morgan fingerprint density at radius 3 is 2.57 bits per heavy atom. The van der Waals surface area contributed by atoms with E-state index in [9.17, 15) is 4.79 Å². The fourth-order valence-electron chi connectivity index (χ4n) is 1.67. The van der Waals surface area contributed by atoms with Crippen LogP contribution >= 0.6 is 0 Å². The van der Waals surface area contributed by atoms with Crippen LogP contribution in [0.4, 0.5) is 0 Å². The van der Waals surface area contributed by atoms with E-state index in [-0.39, 0.29) is 0 Å². The van der Waals surface area contributed by atoms with Crippen molar-refractivity contribution >= 4 is 5.97 Å². The molecule has 0 saturated heterocycles. The smallest absolute Gasteiger partial charge is 0.323 e. The summed E-state index contributed by atoms with van der Waals surface area (Å²) in [6, 6.07) is 0.